The molecule has 0 aliphatic carbocycles. The van der Waals surface area contributed by atoms with E-state index < -0.39 is 0 Å². The van der Waals surface area contributed by atoms with E-state index in [0.29, 0.717) is 18.7 Å². The third-order valence-corrected chi connectivity index (χ3v) is 3.23. The topological polar surface area (TPSA) is 46.6 Å². The minimum absolute atomic E-state index is 0.0944. The minimum atomic E-state index is -0.284. The lowest BCUT2D eigenvalue weighted by molar-refractivity contribution is -0.143. The SMILES string of the molecule is CCOC(=O)CCN(C)C(=O)c1cc(Br)ccc1C. The van der Waals surface area contributed by atoms with E-state index in [-0.39, 0.29) is 18.3 Å². The second-order valence-corrected chi connectivity index (χ2v) is 5.16. The number of carbonyl (C=O) groups is 2. The fourth-order valence-corrected chi connectivity index (χ4v) is 1.99. The van der Waals surface area contributed by atoms with Crippen LogP contribution < -0.4 is 0 Å². The summed E-state index contributed by atoms with van der Waals surface area (Å²) in [7, 11) is 1.68. The van der Waals surface area contributed by atoms with Gasteiger partial charge in [0, 0.05) is 23.6 Å². The molecule has 0 saturated carbocycles. The first-order valence-electron chi connectivity index (χ1n) is 6.13. The van der Waals surface area contributed by atoms with E-state index >= 15 is 0 Å². The number of ether oxygens (including phenoxy) is 1. The van der Waals surface area contributed by atoms with Gasteiger partial charge in [-0.25, -0.2) is 0 Å². The van der Waals surface area contributed by atoms with Gasteiger partial charge < -0.3 is 9.64 Å². The second kappa shape index (κ2) is 7.28. The Morgan fingerprint density at radius 3 is 2.68 bits per heavy atom. The van der Waals surface area contributed by atoms with Crippen molar-refractivity contribution in [3.63, 3.8) is 0 Å². The highest BCUT2D eigenvalue weighted by molar-refractivity contribution is 9.10. The average molecular weight is 328 g/mol. The highest BCUT2D eigenvalue weighted by Gasteiger charge is 2.15. The lowest BCUT2D eigenvalue weighted by Gasteiger charge is -2.18. The zero-order valence-corrected chi connectivity index (χ0v) is 13.0. The number of carbonyl (C=O) groups excluding carboxylic acids is 2. The summed E-state index contributed by atoms with van der Waals surface area (Å²) >= 11 is 3.35. The Morgan fingerprint density at radius 2 is 2.05 bits per heavy atom. The van der Waals surface area contributed by atoms with Crippen LogP contribution in [-0.4, -0.2) is 37.0 Å². The standard InChI is InChI=1S/C14H18BrNO3/c1-4-19-13(17)7-8-16(3)14(18)12-9-11(15)6-5-10(12)2/h5-6,9H,4,7-8H2,1-3H3. The number of hydrogen-bond acceptors (Lipinski definition) is 3. The minimum Gasteiger partial charge on any atom is -0.466 e. The number of amides is 1. The highest BCUT2D eigenvalue weighted by Crippen LogP contribution is 2.17. The van der Waals surface area contributed by atoms with Gasteiger partial charge in [-0.15, -0.1) is 0 Å². The smallest absolute Gasteiger partial charge is 0.307 e. The van der Waals surface area contributed by atoms with E-state index in [2.05, 4.69) is 15.9 Å². The Kier molecular flexibility index (Phi) is 6.02. The summed E-state index contributed by atoms with van der Waals surface area (Å²) < 4.78 is 5.70. The van der Waals surface area contributed by atoms with Gasteiger partial charge in [0.2, 0.25) is 0 Å². The van der Waals surface area contributed by atoms with Gasteiger partial charge in [-0.1, -0.05) is 22.0 Å². The van der Waals surface area contributed by atoms with Crippen molar-refractivity contribution in [2.45, 2.75) is 20.3 Å². The van der Waals surface area contributed by atoms with E-state index in [1.165, 1.54) is 4.90 Å². The van der Waals surface area contributed by atoms with E-state index in [1.54, 1.807) is 20.0 Å². The van der Waals surface area contributed by atoms with Gasteiger partial charge >= 0.3 is 5.97 Å². The van der Waals surface area contributed by atoms with Gasteiger partial charge in [0.1, 0.15) is 0 Å². The van der Waals surface area contributed by atoms with E-state index in [0.717, 1.165) is 10.0 Å². The highest BCUT2D eigenvalue weighted by atomic mass is 79.9. The molecule has 104 valence electrons. The van der Waals surface area contributed by atoms with Crippen molar-refractivity contribution in [1.29, 1.82) is 0 Å². The second-order valence-electron chi connectivity index (χ2n) is 4.24. The van der Waals surface area contributed by atoms with Crippen LogP contribution in [0.1, 0.15) is 29.3 Å². The van der Waals surface area contributed by atoms with Crippen molar-refractivity contribution < 1.29 is 14.3 Å². The van der Waals surface area contributed by atoms with Gasteiger partial charge in [0.05, 0.1) is 13.0 Å². The van der Waals surface area contributed by atoms with Crippen molar-refractivity contribution in [2.24, 2.45) is 0 Å². The van der Waals surface area contributed by atoms with Gasteiger partial charge in [0.15, 0.2) is 0 Å². The maximum atomic E-state index is 12.2. The van der Waals surface area contributed by atoms with Crippen LogP contribution >= 0.6 is 15.9 Å². The van der Waals surface area contributed by atoms with Crippen LogP contribution in [0, 0.1) is 6.92 Å². The molecule has 0 fully saturated rings. The quantitative estimate of drug-likeness (QED) is 0.781. The van der Waals surface area contributed by atoms with E-state index in [9.17, 15) is 9.59 Å². The maximum Gasteiger partial charge on any atom is 0.307 e. The number of hydrogen-bond donors (Lipinski definition) is 0. The molecular formula is C14H18BrNO3. The first-order valence-corrected chi connectivity index (χ1v) is 6.92. The van der Waals surface area contributed by atoms with Gasteiger partial charge in [-0.2, -0.15) is 0 Å². The van der Waals surface area contributed by atoms with Crippen LogP contribution in [0.15, 0.2) is 22.7 Å². The molecule has 0 spiro atoms. The van der Waals surface area contributed by atoms with Crippen molar-refractivity contribution in [2.75, 3.05) is 20.2 Å². The van der Waals surface area contributed by atoms with Crippen molar-refractivity contribution in [3.8, 4) is 0 Å². The molecular weight excluding hydrogens is 310 g/mol. The van der Waals surface area contributed by atoms with Crippen LogP contribution in [-0.2, 0) is 9.53 Å². The van der Waals surface area contributed by atoms with Crippen molar-refractivity contribution >= 4 is 27.8 Å². The molecule has 1 rings (SSSR count). The molecule has 0 bridgehead atoms. The number of esters is 1. The molecule has 0 saturated heterocycles. The molecule has 0 N–H and O–H groups in total. The zero-order valence-electron chi connectivity index (χ0n) is 11.4. The molecule has 1 amide bonds. The van der Waals surface area contributed by atoms with Gasteiger partial charge in [-0.3, -0.25) is 9.59 Å². The largest absolute Gasteiger partial charge is 0.466 e. The van der Waals surface area contributed by atoms with Crippen LogP contribution in [0.25, 0.3) is 0 Å². The zero-order chi connectivity index (χ0) is 14.4. The number of rotatable bonds is 5. The monoisotopic (exact) mass is 327 g/mol. The molecule has 0 atom stereocenters. The Labute approximate surface area is 121 Å². The first-order chi connectivity index (χ1) is 8.95. The molecule has 0 radical (unpaired) electrons. The summed E-state index contributed by atoms with van der Waals surface area (Å²) in [6.07, 6.45) is 0.211. The molecule has 1 aromatic carbocycles. The summed E-state index contributed by atoms with van der Waals surface area (Å²) in [5.74, 6) is -0.379. The van der Waals surface area contributed by atoms with Crippen LogP contribution in [0.3, 0.4) is 0 Å². The predicted molar refractivity (Wildman–Crippen MR) is 77.1 cm³/mol. The molecule has 0 aromatic heterocycles. The Balaban J connectivity index is 2.66. The first kappa shape index (κ1) is 15.7. The maximum absolute atomic E-state index is 12.2. The molecule has 0 aliphatic heterocycles. The number of nitrogens with zero attached hydrogens (tertiary/aromatic N) is 1. The van der Waals surface area contributed by atoms with E-state index in [1.807, 2.05) is 19.1 Å². The van der Waals surface area contributed by atoms with Crippen LogP contribution in [0.5, 0.6) is 0 Å². The van der Waals surface area contributed by atoms with E-state index in [4.69, 9.17) is 4.74 Å². The number of aryl methyl sites for hydroxylation is 1. The van der Waals surface area contributed by atoms with Crippen LogP contribution in [0.2, 0.25) is 0 Å². The molecule has 19 heavy (non-hydrogen) atoms. The fraction of sp³-hybridized carbons (Fsp3) is 0.429. The van der Waals surface area contributed by atoms with Crippen molar-refractivity contribution in [1.82, 2.24) is 4.90 Å². The fourth-order valence-electron chi connectivity index (χ4n) is 1.62. The average Bonchev–Trinajstić information content (AvgIpc) is 2.38. The summed E-state index contributed by atoms with van der Waals surface area (Å²) in [5, 5.41) is 0. The number of benzene rings is 1. The summed E-state index contributed by atoms with van der Waals surface area (Å²) in [4.78, 5) is 25.0. The van der Waals surface area contributed by atoms with Crippen molar-refractivity contribution in [3.05, 3.63) is 33.8 Å². The lowest BCUT2D eigenvalue weighted by atomic mass is 10.1. The lowest BCUT2D eigenvalue weighted by Crippen LogP contribution is -2.30. The third-order valence-electron chi connectivity index (χ3n) is 2.73. The summed E-state index contributed by atoms with van der Waals surface area (Å²) in [6, 6.07) is 5.57. The van der Waals surface area contributed by atoms with Gasteiger partial charge in [-0.05, 0) is 31.5 Å². The Morgan fingerprint density at radius 1 is 1.37 bits per heavy atom. The summed E-state index contributed by atoms with van der Waals surface area (Å²) in [5.41, 5.74) is 1.55. The molecule has 1 aromatic rings. The third kappa shape index (κ3) is 4.67. The Hall–Kier alpha value is -1.36. The molecule has 0 aliphatic rings. The Bertz CT molecular complexity index is 474. The normalized spacial score (nSPS) is 10.1. The van der Waals surface area contributed by atoms with Crippen LogP contribution in [0.4, 0.5) is 0 Å². The van der Waals surface area contributed by atoms with Gasteiger partial charge in [0.25, 0.3) is 5.91 Å². The summed E-state index contributed by atoms with van der Waals surface area (Å²) in [6.45, 7) is 4.36. The predicted octanol–water partition coefficient (Wildman–Crippen LogP) is 2.78. The number of halogens is 1. The molecule has 4 nitrogen and oxygen atoms in total. The molecule has 0 heterocycles. The molecule has 5 heteroatoms. The molecule has 0 unspecified atom stereocenters.